The molecule has 14 heteroatoms. The van der Waals surface area contributed by atoms with Crippen LogP contribution in [0.4, 0.5) is 26.1 Å². The third kappa shape index (κ3) is 6.99. The molecule has 1 N–H and O–H groups in total. The van der Waals surface area contributed by atoms with E-state index in [2.05, 4.69) is 41.5 Å². The summed E-state index contributed by atoms with van der Waals surface area (Å²) in [5.41, 5.74) is 0.579. The highest BCUT2D eigenvalue weighted by molar-refractivity contribution is 9.09. The van der Waals surface area contributed by atoms with Gasteiger partial charge in [-0.05, 0) is 65.8 Å². The molecule has 1 aromatic carbocycles. The molecule has 2 amide bonds. The number of pyridine rings is 1. The number of halogens is 1. The number of aromatic nitrogens is 5. The molecule has 0 atom stereocenters. The number of alkyl halides is 1. The fourth-order valence-electron chi connectivity index (χ4n) is 3.45. The second-order valence-electron chi connectivity index (χ2n) is 10.6. The molecule has 0 spiro atoms. The number of amides is 2. The molecule has 0 radical (unpaired) electrons. The molecule has 0 aliphatic rings. The van der Waals surface area contributed by atoms with Crippen molar-refractivity contribution in [3.8, 4) is 10.6 Å². The highest BCUT2D eigenvalue weighted by Gasteiger charge is 2.29. The summed E-state index contributed by atoms with van der Waals surface area (Å²) in [5.74, 6) is -0.224. The Bertz CT molecular complexity index is 1570. The summed E-state index contributed by atoms with van der Waals surface area (Å²) >= 11 is 4.26. The Kier molecular flexibility index (Phi) is 8.21. The number of benzene rings is 1. The zero-order valence-electron chi connectivity index (χ0n) is 22.8. The molecule has 0 saturated heterocycles. The van der Waals surface area contributed by atoms with Gasteiger partial charge >= 0.3 is 12.2 Å². The average molecular weight is 631 g/mol. The van der Waals surface area contributed by atoms with Crippen LogP contribution in [0.15, 0.2) is 42.9 Å². The Morgan fingerprint density at radius 2 is 1.73 bits per heavy atom. The monoisotopic (exact) mass is 629 g/mol. The van der Waals surface area contributed by atoms with Gasteiger partial charge in [-0.15, -0.1) is 10.2 Å². The van der Waals surface area contributed by atoms with Crippen molar-refractivity contribution in [1.82, 2.24) is 25.0 Å². The van der Waals surface area contributed by atoms with Crippen LogP contribution in [0, 0.1) is 0 Å². The number of nitrogens with one attached hydrogen (secondary N) is 1. The van der Waals surface area contributed by atoms with Gasteiger partial charge in [0.2, 0.25) is 11.0 Å². The number of nitrogens with zero attached hydrogens (tertiary/aromatic N) is 6. The van der Waals surface area contributed by atoms with E-state index >= 15 is 0 Å². The van der Waals surface area contributed by atoms with E-state index in [0.717, 1.165) is 11.3 Å². The van der Waals surface area contributed by atoms with Crippen molar-refractivity contribution in [1.29, 1.82) is 0 Å². The Labute approximate surface area is 242 Å². The molecule has 12 nitrogen and oxygen atoms in total. The SMILES string of the molecule is CC(C)(C)OC(=O)N(c1ccc2c(cnn2C(=O)OC(C)(C)C)c1)c1nnc(-c2cncc(NC(=O)CBr)c2)s1. The minimum absolute atomic E-state index is 0.145. The minimum Gasteiger partial charge on any atom is -0.443 e. The molecule has 210 valence electrons. The molecule has 40 heavy (non-hydrogen) atoms. The molecule has 0 aliphatic heterocycles. The molecule has 0 fully saturated rings. The maximum absolute atomic E-state index is 13.4. The third-order valence-corrected chi connectivity index (χ3v) is 6.42. The summed E-state index contributed by atoms with van der Waals surface area (Å²) in [4.78, 5) is 43.3. The van der Waals surface area contributed by atoms with E-state index in [-0.39, 0.29) is 16.4 Å². The summed E-state index contributed by atoms with van der Waals surface area (Å²) in [6.07, 6.45) is 3.34. The van der Waals surface area contributed by atoms with Crippen LogP contribution in [0.1, 0.15) is 41.5 Å². The third-order valence-electron chi connectivity index (χ3n) is 4.95. The van der Waals surface area contributed by atoms with E-state index in [9.17, 15) is 14.4 Å². The summed E-state index contributed by atoms with van der Waals surface area (Å²) in [7, 11) is 0. The van der Waals surface area contributed by atoms with Crippen molar-refractivity contribution < 1.29 is 23.9 Å². The van der Waals surface area contributed by atoms with Gasteiger partial charge in [-0.2, -0.15) is 9.78 Å². The molecule has 4 aromatic rings. The summed E-state index contributed by atoms with van der Waals surface area (Å²) < 4.78 is 12.3. The van der Waals surface area contributed by atoms with Crippen LogP contribution < -0.4 is 10.2 Å². The number of hydrogen-bond donors (Lipinski definition) is 1. The highest BCUT2D eigenvalue weighted by Crippen LogP contribution is 2.36. The summed E-state index contributed by atoms with van der Waals surface area (Å²) in [6, 6.07) is 6.74. The van der Waals surface area contributed by atoms with E-state index in [1.54, 1.807) is 72.0 Å². The van der Waals surface area contributed by atoms with Crippen molar-refractivity contribution in [3.63, 3.8) is 0 Å². The highest BCUT2D eigenvalue weighted by atomic mass is 79.9. The van der Waals surface area contributed by atoms with E-state index in [4.69, 9.17) is 9.47 Å². The van der Waals surface area contributed by atoms with Crippen molar-refractivity contribution >= 4 is 72.8 Å². The van der Waals surface area contributed by atoms with Crippen molar-refractivity contribution in [2.24, 2.45) is 0 Å². The van der Waals surface area contributed by atoms with E-state index < -0.39 is 23.4 Å². The lowest BCUT2D eigenvalue weighted by Gasteiger charge is -2.25. The van der Waals surface area contributed by atoms with Gasteiger partial charge in [0.1, 0.15) is 11.2 Å². The number of carbonyl (C=O) groups excluding carboxylic acids is 3. The number of anilines is 3. The zero-order chi connectivity index (χ0) is 29.2. The first-order valence-electron chi connectivity index (χ1n) is 12.1. The lowest BCUT2D eigenvalue weighted by Crippen LogP contribution is -2.33. The predicted octanol–water partition coefficient (Wildman–Crippen LogP) is 6.14. The van der Waals surface area contributed by atoms with Gasteiger partial charge in [-0.25, -0.2) is 14.5 Å². The van der Waals surface area contributed by atoms with Gasteiger partial charge in [0.15, 0.2) is 5.01 Å². The quantitative estimate of drug-likeness (QED) is 0.257. The molecule has 0 bridgehead atoms. The number of fused-ring (bicyclic) bond motifs is 1. The number of rotatable bonds is 5. The smallest absolute Gasteiger partial charge is 0.435 e. The lowest BCUT2D eigenvalue weighted by atomic mass is 10.2. The van der Waals surface area contributed by atoms with Crippen LogP contribution in [-0.4, -0.2) is 59.6 Å². The molecule has 0 unspecified atom stereocenters. The van der Waals surface area contributed by atoms with Crippen LogP contribution in [0.3, 0.4) is 0 Å². The number of hydrogen-bond acceptors (Lipinski definition) is 10. The first kappa shape index (κ1) is 29.1. The predicted molar refractivity (Wildman–Crippen MR) is 155 cm³/mol. The van der Waals surface area contributed by atoms with Gasteiger partial charge < -0.3 is 14.8 Å². The van der Waals surface area contributed by atoms with Gasteiger partial charge in [0.05, 0.1) is 34.6 Å². The maximum Gasteiger partial charge on any atom is 0.435 e. The molecule has 3 heterocycles. The van der Waals surface area contributed by atoms with Crippen LogP contribution in [0.25, 0.3) is 21.5 Å². The Morgan fingerprint density at radius 3 is 2.40 bits per heavy atom. The van der Waals surface area contributed by atoms with E-state index in [1.807, 2.05) is 0 Å². The minimum atomic E-state index is -0.777. The molecular formula is C26H28BrN7O5S. The normalized spacial score (nSPS) is 11.8. The number of ether oxygens (including phenoxy) is 2. The van der Waals surface area contributed by atoms with E-state index in [0.29, 0.717) is 32.8 Å². The first-order chi connectivity index (χ1) is 18.7. The summed E-state index contributed by atoms with van der Waals surface area (Å²) in [6.45, 7) is 10.6. The second kappa shape index (κ2) is 11.3. The molecular weight excluding hydrogens is 602 g/mol. The average Bonchev–Trinajstić information content (AvgIpc) is 3.49. The maximum atomic E-state index is 13.4. The van der Waals surface area contributed by atoms with E-state index in [1.165, 1.54) is 22.0 Å². The van der Waals surface area contributed by atoms with Gasteiger partial charge in [-0.1, -0.05) is 27.3 Å². The first-order valence-corrected chi connectivity index (χ1v) is 14.1. The Morgan fingerprint density at radius 1 is 1.00 bits per heavy atom. The van der Waals surface area contributed by atoms with Crippen LogP contribution in [-0.2, 0) is 14.3 Å². The number of carbonyl (C=O) groups is 3. The van der Waals surface area contributed by atoms with Crippen molar-refractivity contribution in [2.45, 2.75) is 52.7 Å². The standard InChI is InChI=1S/C26H28BrN7O5S/c1-25(2,3)38-23(36)33(18-7-8-19-15(10-18)13-29-34(19)24(37)39-26(4,5)6)22-32-31-21(40-22)16-9-17(14-28-12-16)30-20(35)11-27/h7-10,12-14H,11H2,1-6H3,(H,30,35). The van der Waals surface area contributed by atoms with Crippen LogP contribution in [0.5, 0.6) is 0 Å². The van der Waals surface area contributed by atoms with Gasteiger partial charge in [-0.3, -0.25) is 9.78 Å². The fourth-order valence-corrected chi connectivity index (χ4v) is 4.43. The Hall–Kier alpha value is -3.91. The lowest BCUT2D eigenvalue weighted by molar-refractivity contribution is -0.113. The summed E-state index contributed by atoms with van der Waals surface area (Å²) in [5, 5.41) is 16.9. The van der Waals surface area contributed by atoms with Crippen LogP contribution in [0.2, 0.25) is 0 Å². The fraction of sp³-hybridized carbons (Fsp3) is 0.346. The zero-order valence-corrected chi connectivity index (χ0v) is 25.2. The molecule has 0 aliphatic carbocycles. The van der Waals surface area contributed by atoms with Crippen molar-refractivity contribution in [2.75, 3.05) is 15.5 Å². The van der Waals surface area contributed by atoms with Crippen molar-refractivity contribution in [3.05, 3.63) is 42.9 Å². The van der Waals surface area contributed by atoms with Gasteiger partial charge in [0.25, 0.3) is 0 Å². The second-order valence-corrected chi connectivity index (χ2v) is 12.1. The molecule has 0 saturated carbocycles. The largest absolute Gasteiger partial charge is 0.443 e. The van der Waals surface area contributed by atoms with Gasteiger partial charge in [0, 0.05) is 17.1 Å². The topological polar surface area (TPSA) is 141 Å². The molecule has 4 rings (SSSR count). The Balaban J connectivity index is 1.71. The van der Waals surface area contributed by atoms with Crippen LogP contribution >= 0.6 is 27.3 Å². The molecule has 3 aromatic heterocycles.